The summed E-state index contributed by atoms with van der Waals surface area (Å²) in [5.74, 6) is 2.35. The van der Waals surface area contributed by atoms with Crippen LogP contribution >= 0.6 is 0 Å². The summed E-state index contributed by atoms with van der Waals surface area (Å²) in [5.41, 5.74) is 6.26. The molecule has 1 fully saturated rings. The molecule has 0 aliphatic carbocycles. The highest BCUT2D eigenvalue weighted by Gasteiger charge is 2.17. The molecule has 118 valence electrons. The van der Waals surface area contributed by atoms with E-state index in [1.165, 1.54) is 0 Å². The average molecular weight is 316 g/mol. The van der Waals surface area contributed by atoms with Gasteiger partial charge in [0, 0.05) is 37.4 Å². The Bertz CT molecular complexity index is 633. The van der Waals surface area contributed by atoms with Crippen molar-refractivity contribution in [3.05, 3.63) is 28.8 Å². The van der Waals surface area contributed by atoms with Crippen LogP contribution in [0.3, 0.4) is 0 Å². The van der Waals surface area contributed by atoms with E-state index in [1.54, 1.807) is 6.07 Å². The second kappa shape index (κ2) is 6.55. The van der Waals surface area contributed by atoms with Gasteiger partial charge in [-0.15, -0.1) is 5.54 Å². The zero-order chi connectivity index (χ0) is 16.3. The summed E-state index contributed by atoms with van der Waals surface area (Å²) in [5, 5.41) is 12.8. The summed E-state index contributed by atoms with van der Waals surface area (Å²) in [7, 11) is -1.50. The van der Waals surface area contributed by atoms with Gasteiger partial charge in [0.25, 0.3) is 0 Å². The van der Waals surface area contributed by atoms with E-state index in [1.807, 2.05) is 13.0 Å². The summed E-state index contributed by atoms with van der Waals surface area (Å²) in [6.07, 6.45) is 0. The number of rotatable bonds is 2. The SMILES string of the molecule is Cc1c(C#C[Si](C)(C)C)cc(N2CCNCC2)cc1C(=O)O. The molecule has 2 N–H and O–H groups in total. The average Bonchev–Trinajstić information content (AvgIpc) is 2.46. The van der Waals surface area contributed by atoms with Gasteiger partial charge in [-0.25, -0.2) is 4.79 Å². The van der Waals surface area contributed by atoms with Gasteiger partial charge in [-0.3, -0.25) is 0 Å². The first-order valence-corrected chi connectivity index (χ1v) is 11.1. The lowest BCUT2D eigenvalue weighted by Gasteiger charge is -2.30. The van der Waals surface area contributed by atoms with Crippen LogP contribution in [0.1, 0.15) is 21.5 Å². The van der Waals surface area contributed by atoms with Crippen LogP contribution in [0.15, 0.2) is 12.1 Å². The van der Waals surface area contributed by atoms with Crippen molar-refractivity contribution in [1.29, 1.82) is 0 Å². The number of anilines is 1. The van der Waals surface area contributed by atoms with Gasteiger partial charge in [0.15, 0.2) is 0 Å². The minimum Gasteiger partial charge on any atom is -0.478 e. The molecule has 0 amide bonds. The van der Waals surface area contributed by atoms with Crippen molar-refractivity contribution in [2.75, 3.05) is 31.1 Å². The van der Waals surface area contributed by atoms with Gasteiger partial charge in [0.05, 0.1) is 5.56 Å². The van der Waals surface area contributed by atoms with Crippen LogP contribution in [0, 0.1) is 18.4 Å². The van der Waals surface area contributed by atoms with Gasteiger partial charge >= 0.3 is 5.97 Å². The first kappa shape index (κ1) is 16.6. The van der Waals surface area contributed by atoms with Crippen molar-refractivity contribution >= 4 is 19.7 Å². The maximum atomic E-state index is 11.5. The Hall–Kier alpha value is -1.77. The van der Waals surface area contributed by atoms with Crippen LogP contribution < -0.4 is 10.2 Å². The Kier molecular flexibility index (Phi) is 4.94. The second-order valence-electron chi connectivity index (χ2n) is 6.71. The molecular formula is C17H24N2O2Si. The number of hydrogen-bond donors (Lipinski definition) is 2. The fourth-order valence-electron chi connectivity index (χ4n) is 2.41. The van der Waals surface area contributed by atoms with Crippen LogP contribution in [-0.2, 0) is 0 Å². The van der Waals surface area contributed by atoms with E-state index in [0.29, 0.717) is 5.56 Å². The van der Waals surface area contributed by atoms with E-state index >= 15 is 0 Å². The number of nitrogens with one attached hydrogen (secondary N) is 1. The van der Waals surface area contributed by atoms with Gasteiger partial charge < -0.3 is 15.3 Å². The molecule has 0 saturated carbocycles. The van der Waals surface area contributed by atoms with Gasteiger partial charge in [-0.1, -0.05) is 25.6 Å². The Morgan fingerprint density at radius 3 is 2.45 bits per heavy atom. The first-order valence-electron chi connectivity index (χ1n) is 7.65. The van der Waals surface area contributed by atoms with Crippen molar-refractivity contribution in [2.24, 2.45) is 0 Å². The molecule has 1 aromatic carbocycles. The molecule has 1 aromatic rings. The first-order chi connectivity index (χ1) is 10.3. The molecule has 4 nitrogen and oxygen atoms in total. The highest BCUT2D eigenvalue weighted by molar-refractivity contribution is 6.83. The molecule has 1 aliphatic heterocycles. The lowest BCUT2D eigenvalue weighted by Crippen LogP contribution is -2.43. The summed E-state index contributed by atoms with van der Waals surface area (Å²) in [4.78, 5) is 13.8. The van der Waals surface area contributed by atoms with E-state index in [2.05, 4.69) is 41.3 Å². The number of piperazine rings is 1. The third-order valence-corrected chi connectivity index (χ3v) is 4.55. The third kappa shape index (κ3) is 4.12. The maximum absolute atomic E-state index is 11.5. The molecule has 0 unspecified atom stereocenters. The molecule has 22 heavy (non-hydrogen) atoms. The Morgan fingerprint density at radius 1 is 1.27 bits per heavy atom. The molecule has 0 aromatic heterocycles. The standard InChI is InChI=1S/C17H24N2O2Si/c1-13-14(5-10-22(2,3)4)11-15(12-16(13)17(20)21)19-8-6-18-7-9-19/h11-12,18H,6-9H2,1-4H3,(H,20,21). The number of carboxylic acid groups (broad SMARTS) is 1. The normalized spacial score (nSPS) is 15.2. The lowest BCUT2D eigenvalue weighted by atomic mass is 10.0. The van der Waals surface area contributed by atoms with Gasteiger partial charge in [-0.05, 0) is 24.6 Å². The lowest BCUT2D eigenvalue weighted by molar-refractivity contribution is 0.0696. The third-order valence-electron chi connectivity index (χ3n) is 3.68. The molecule has 0 atom stereocenters. The molecular weight excluding hydrogens is 292 g/mol. The minimum atomic E-state index is -1.50. The van der Waals surface area contributed by atoms with Crippen LogP contribution in [-0.4, -0.2) is 45.3 Å². The topological polar surface area (TPSA) is 52.6 Å². The second-order valence-corrected chi connectivity index (χ2v) is 11.5. The van der Waals surface area contributed by atoms with Gasteiger partial charge in [0.2, 0.25) is 0 Å². The minimum absolute atomic E-state index is 0.357. The molecule has 1 saturated heterocycles. The van der Waals surface area contributed by atoms with Crippen LogP contribution in [0.5, 0.6) is 0 Å². The quantitative estimate of drug-likeness (QED) is 0.649. The molecule has 0 spiro atoms. The zero-order valence-corrected chi connectivity index (χ0v) is 14.8. The number of benzene rings is 1. The predicted octanol–water partition coefficient (Wildman–Crippen LogP) is 2.33. The molecule has 0 radical (unpaired) electrons. The summed E-state index contributed by atoms with van der Waals surface area (Å²) < 4.78 is 0. The van der Waals surface area contributed by atoms with Gasteiger partial charge in [-0.2, -0.15) is 0 Å². The Labute approximate surface area is 133 Å². The van der Waals surface area contributed by atoms with Crippen LogP contribution in [0.4, 0.5) is 5.69 Å². The number of carbonyl (C=O) groups is 1. The maximum Gasteiger partial charge on any atom is 0.336 e. The highest BCUT2D eigenvalue weighted by Crippen LogP contribution is 2.24. The number of nitrogens with zero attached hydrogens (tertiary/aromatic N) is 1. The monoisotopic (exact) mass is 316 g/mol. The van der Waals surface area contributed by atoms with E-state index in [9.17, 15) is 9.90 Å². The molecule has 0 bridgehead atoms. The molecule has 1 heterocycles. The number of aromatic carboxylic acids is 1. The molecule has 1 aliphatic rings. The van der Waals surface area contributed by atoms with E-state index in [4.69, 9.17) is 0 Å². The summed E-state index contributed by atoms with van der Waals surface area (Å²) in [6.45, 7) is 12.0. The Balaban J connectivity index is 2.48. The van der Waals surface area contributed by atoms with Crippen molar-refractivity contribution < 1.29 is 9.90 Å². The van der Waals surface area contributed by atoms with Crippen molar-refractivity contribution in [3.8, 4) is 11.5 Å². The van der Waals surface area contributed by atoms with E-state index in [0.717, 1.165) is 43.0 Å². The van der Waals surface area contributed by atoms with Crippen molar-refractivity contribution in [2.45, 2.75) is 26.6 Å². The Morgan fingerprint density at radius 2 is 1.91 bits per heavy atom. The van der Waals surface area contributed by atoms with Crippen LogP contribution in [0.2, 0.25) is 19.6 Å². The van der Waals surface area contributed by atoms with E-state index < -0.39 is 14.0 Å². The largest absolute Gasteiger partial charge is 0.478 e. The van der Waals surface area contributed by atoms with Crippen LogP contribution in [0.25, 0.3) is 0 Å². The highest BCUT2D eigenvalue weighted by atomic mass is 28.3. The van der Waals surface area contributed by atoms with Gasteiger partial charge in [0.1, 0.15) is 8.07 Å². The molecule has 5 heteroatoms. The predicted molar refractivity (Wildman–Crippen MR) is 93.4 cm³/mol. The zero-order valence-electron chi connectivity index (χ0n) is 13.8. The molecule has 2 rings (SSSR count). The number of hydrogen-bond acceptors (Lipinski definition) is 3. The summed E-state index contributed by atoms with van der Waals surface area (Å²) in [6, 6.07) is 3.82. The summed E-state index contributed by atoms with van der Waals surface area (Å²) >= 11 is 0. The number of carboxylic acids is 1. The smallest absolute Gasteiger partial charge is 0.336 e. The fourth-order valence-corrected chi connectivity index (χ4v) is 2.92. The van der Waals surface area contributed by atoms with Crippen molar-refractivity contribution in [3.63, 3.8) is 0 Å². The van der Waals surface area contributed by atoms with E-state index in [-0.39, 0.29) is 0 Å². The van der Waals surface area contributed by atoms with Crippen molar-refractivity contribution in [1.82, 2.24) is 5.32 Å². The fraction of sp³-hybridized carbons (Fsp3) is 0.471.